The fraction of sp³-hybridized carbons (Fsp3) is 0.467. The third kappa shape index (κ3) is 3.01. The number of furan rings is 1. The minimum Gasteiger partial charge on any atom is -0.472 e. The number of rotatable bonds is 3. The predicted molar refractivity (Wildman–Crippen MR) is 82.1 cm³/mol. The molecule has 112 valence electrons. The van der Waals surface area contributed by atoms with Gasteiger partial charge in [-0.05, 0) is 31.7 Å². The molecule has 21 heavy (non-hydrogen) atoms. The number of carbonyl (C=O) groups excluding carboxylic acids is 1. The topological polar surface area (TPSA) is 72.4 Å². The molecule has 2 aromatic rings. The lowest BCUT2D eigenvalue weighted by molar-refractivity contribution is 0.0676. The summed E-state index contributed by atoms with van der Waals surface area (Å²) in [5.74, 6) is 0.537. The fourth-order valence-corrected chi connectivity index (χ4v) is 3.46. The number of aromatic nitrogens is 1. The van der Waals surface area contributed by atoms with Crippen LogP contribution >= 0.6 is 11.3 Å². The molecular formula is C15H19N3O2S. The average Bonchev–Trinajstić information content (AvgIpc) is 3.17. The molecule has 0 bridgehead atoms. The minimum absolute atomic E-state index is 0.0177. The predicted octanol–water partition coefficient (Wildman–Crippen LogP) is 2.60. The normalized spacial score (nSPS) is 17.9. The van der Waals surface area contributed by atoms with Gasteiger partial charge in [0.1, 0.15) is 17.0 Å². The van der Waals surface area contributed by atoms with Gasteiger partial charge in [0, 0.05) is 30.1 Å². The molecule has 1 aliphatic rings. The summed E-state index contributed by atoms with van der Waals surface area (Å²) in [6.45, 7) is 3.58. The molecule has 3 heterocycles. The number of amides is 1. The Balaban J connectivity index is 1.66. The first-order valence-corrected chi connectivity index (χ1v) is 8.06. The molecule has 1 fully saturated rings. The number of nitrogens with zero attached hydrogens (tertiary/aromatic N) is 2. The Bertz CT molecular complexity index is 598. The summed E-state index contributed by atoms with van der Waals surface area (Å²) in [7, 11) is 0. The van der Waals surface area contributed by atoms with E-state index in [1.807, 2.05) is 23.3 Å². The Morgan fingerprint density at radius 1 is 1.52 bits per heavy atom. The van der Waals surface area contributed by atoms with Gasteiger partial charge >= 0.3 is 0 Å². The van der Waals surface area contributed by atoms with E-state index >= 15 is 0 Å². The molecule has 6 heteroatoms. The average molecular weight is 305 g/mol. The second-order valence-corrected chi connectivity index (χ2v) is 6.40. The van der Waals surface area contributed by atoms with E-state index in [1.54, 1.807) is 12.5 Å². The van der Waals surface area contributed by atoms with Crippen LogP contribution in [0.2, 0.25) is 0 Å². The van der Waals surface area contributed by atoms with Gasteiger partial charge in [0.05, 0.1) is 6.26 Å². The van der Waals surface area contributed by atoms with Crippen LogP contribution in [0.5, 0.6) is 0 Å². The number of hydrogen-bond donors (Lipinski definition) is 1. The number of thiazole rings is 1. The van der Waals surface area contributed by atoms with Gasteiger partial charge in [-0.1, -0.05) is 0 Å². The molecule has 0 aromatic carbocycles. The van der Waals surface area contributed by atoms with E-state index in [0.717, 1.165) is 36.5 Å². The van der Waals surface area contributed by atoms with Gasteiger partial charge < -0.3 is 15.1 Å². The van der Waals surface area contributed by atoms with Crippen molar-refractivity contribution < 1.29 is 9.21 Å². The second kappa shape index (κ2) is 5.99. The minimum atomic E-state index is 0.0177. The SMILES string of the molecule is CC(N)C1CCN(C(=O)c2csc(-c3ccoc3)n2)CC1. The van der Waals surface area contributed by atoms with Crippen LogP contribution in [0.3, 0.4) is 0 Å². The molecule has 0 spiro atoms. The summed E-state index contributed by atoms with van der Waals surface area (Å²) >= 11 is 1.47. The van der Waals surface area contributed by atoms with Gasteiger partial charge in [-0.2, -0.15) is 0 Å². The largest absolute Gasteiger partial charge is 0.472 e. The van der Waals surface area contributed by atoms with Crippen molar-refractivity contribution in [1.82, 2.24) is 9.88 Å². The number of piperidine rings is 1. The Labute approximate surface area is 127 Å². The maximum Gasteiger partial charge on any atom is 0.273 e. The van der Waals surface area contributed by atoms with Crippen molar-refractivity contribution in [3.05, 3.63) is 29.7 Å². The number of hydrogen-bond acceptors (Lipinski definition) is 5. The van der Waals surface area contributed by atoms with Gasteiger partial charge in [0.25, 0.3) is 5.91 Å². The molecule has 1 atom stereocenters. The van der Waals surface area contributed by atoms with Crippen molar-refractivity contribution in [1.29, 1.82) is 0 Å². The highest BCUT2D eigenvalue weighted by Gasteiger charge is 2.26. The lowest BCUT2D eigenvalue weighted by Gasteiger charge is -2.33. The van der Waals surface area contributed by atoms with Gasteiger partial charge in [-0.25, -0.2) is 4.98 Å². The van der Waals surface area contributed by atoms with Crippen LogP contribution in [0.1, 0.15) is 30.3 Å². The highest BCUT2D eigenvalue weighted by molar-refractivity contribution is 7.13. The van der Waals surface area contributed by atoms with Crippen LogP contribution in [-0.4, -0.2) is 34.9 Å². The highest BCUT2D eigenvalue weighted by atomic mass is 32.1. The molecule has 0 radical (unpaired) electrons. The van der Waals surface area contributed by atoms with E-state index in [9.17, 15) is 4.79 Å². The summed E-state index contributed by atoms with van der Waals surface area (Å²) < 4.78 is 5.05. The lowest BCUT2D eigenvalue weighted by Crippen LogP contribution is -2.42. The van der Waals surface area contributed by atoms with Crippen molar-refractivity contribution in [2.45, 2.75) is 25.8 Å². The summed E-state index contributed by atoms with van der Waals surface area (Å²) in [5.41, 5.74) is 7.37. The molecule has 1 saturated heterocycles. The Morgan fingerprint density at radius 2 is 2.29 bits per heavy atom. The fourth-order valence-electron chi connectivity index (χ4n) is 2.68. The van der Waals surface area contributed by atoms with E-state index in [0.29, 0.717) is 11.6 Å². The molecule has 5 nitrogen and oxygen atoms in total. The lowest BCUT2D eigenvalue weighted by atomic mass is 9.91. The zero-order valence-corrected chi connectivity index (χ0v) is 12.8. The molecule has 2 N–H and O–H groups in total. The number of likely N-dealkylation sites (tertiary alicyclic amines) is 1. The molecule has 2 aromatic heterocycles. The van der Waals surface area contributed by atoms with Gasteiger partial charge in [-0.15, -0.1) is 11.3 Å². The van der Waals surface area contributed by atoms with Gasteiger partial charge in [0.15, 0.2) is 0 Å². The summed E-state index contributed by atoms with van der Waals surface area (Å²) in [6.07, 6.45) is 5.20. The maximum absolute atomic E-state index is 12.5. The van der Waals surface area contributed by atoms with Crippen LogP contribution in [0.4, 0.5) is 0 Å². The third-order valence-electron chi connectivity index (χ3n) is 4.06. The van der Waals surface area contributed by atoms with Crippen LogP contribution in [0.25, 0.3) is 10.6 Å². The zero-order valence-electron chi connectivity index (χ0n) is 12.0. The van der Waals surface area contributed by atoms with Crippen LogP contribution in [0.15, 0.2) is 28.4 Å². The van der Waals surface area contributed by atoms with Gasteiger partial charge in [0.2, 0.25) is 0 Å². The standard InChI is InChI=1S/C15H19N3O2S/c1-10(16)11-2-5-18(6-3-11)15(19)13-9-21-14(17-13)12-4-7-20-8-12/h4,7-11H,2-3,5-6,16H2,1H3. The van der Waals surface area contributed by atoms with Gasteiger partial charge in [-0.3, -0.25) is 4.79 Å². The van der Waals surface area contributed by atoms with Crippen LogP contribution in [0, 0.1) is 5.92 Å². The molecule has 1 unspecified atom stereocenters. The molecule has 0 aliphatic carbocycles. The Morgan fingerprint density at radius 3 is 2.90 bits per heavy atom. The van der Waals surface area contributed by atoms with Crippen molar-refractivity contribution in [3.63, 3.8) is 0 Å². The quantitative estimate of drug-likeness (QED) is 0.946. The second-order valence-electron chi connectivity index (χ2n) is 5.54. The Kier molecular flexibility index (Phi) is 4.07. The third-order valence-corrected chi connectivity index (χ3v) is 4.95. The first kappa shape index (κ1) is 14.3. The van der Waals surface area contributed by atoms with Crippen molar-refractivity contribution >= 4 is 17.2 Å². The smallest absolute Gasteiger partial charge is 0.273 e. The number of carbonyl (C=O) groups is 1. The molecule has 1 aliphatic heterocycles. The van der Waals surface area contributed by atoms with Crippen molar-refractivity contribution in [2.75, 3.05) is 13.1 Å². The highest BCUT2D eigenvalue weighted by Crippen LogP contribution is 2.26. The summed E-state index contributed by atoms with van der Waals surface area (Å²) in [5, 5.41) is 2.64. The molecule has 1 amide bonds. The summed E-state index contributed by atoms with van der Waals surface area (Å²) in [6, 6.07) is 2.05. The molecule has 3 rings (SSSR count). The first-order chi connectivity index (χ1) is 10.1. The maximum atomic E-state index is 12.5. The monoisotopic (exact) mass is 305 g/mol. The van der Waals surface area contributed by atoms with Crippen LogP contribution < -0.4 is 5.73 Å². The van der Waals surface area contributed by atoms with E-state index < -0.39 is 0 Å². The zero-order chi connectivity index (χ0) is 14.8. The Hall–Kier alpha value is -1.66. The van der Waals surface area contributed by atoms with Crippen molar-refractivity contribution in [2.24, 2.45) is 11.7 Å². The molecular weight excluding hydrogens is 286 g/mol. The number of nitrogens with two attached hydrogens (primary N) is 1. The van der Waals surface area contributed by atoms with E-state index in [-0.39, 0.29) is 11.9 Å². The van der Waals surface area contributed by atoms with Crippen LogP contribution in [-0.2, 0) is 0 Å². The van der Waals surface area contributed by atoms with Crippen molar-refractivity contribution in [3.8, 4) is 10.6 Å². The van der Waals surface area contributed by atoms with E-state index in [1.165, 1.54) is 11.3 Å². The first-order valence-electron chi connectivity index (χ1n) is 7.18. The molecule has 0 saturated carbocycles. The van der Waals surface area contributed by atoms with E-state index in [4.69, 9.17) is 10.2 Å². The summed E-state index contributed by atoms with van der Waals surface area (Å²) in [4.78, 5) is 18.8. The van der Waals surface area contributed by atoms with E-state index in [2.05, 4.69) is 4.98 Å².